The number of hydrogen-bond donors (Lipinski definition) is 2. The third-order valence-corrected chi connectivity index (χ3v) is 2.91. The van der Waals surface area contributed by atoms with Crippen LogP contribution in [0.3, 0.4) is 0 Å². The van der Waals surface area contributed by atoms with Gasteiger partial charge in [0.15, 0.2) is 5.76 Å². The van der Waals surface area contributed by atoms with Gasteiger partial charge in [0.05, 0.1) is 7.11 Å². The number of nitrogens with one attached hydrogen (secondary N) is 1. The molecule has 0 saturated carbocycles. The van der Waals surface area contributed by atoms with Crippen LogP contribution in [0.4, 0.5) is 0 Å². The monoisotopic (exact) mass is 289 g/mol. The minimum Gasteiger partial charge on any atom is -0.496 e. The number of carbonyl (C=O) groups is 2. The number of amides is 1. The summed E-state index contributed by atoms with van der Waals surface area (Å²) < 4.78 is 10.1. The quantitative estimate of drug-likeness (QED) is 0.848. The first kappa shape index (κ1) is 14.6. The van der Waals surface area contributed by atoms with Crippen LogP contribution in [-0.2, 0) is 6.42 Å². The van der Waals surface area contributed by atoms with Gasteiger partial charge in [-0.05, 0) is 30.2 Å². The van der Waals surface area contributed by atoms with Crippen LogP contribution in [0.1, 0.15) is 26.7 Å². The highest BCUT2D eigenvalue weighted by Crippen LogP contribution is 2.17. The molecule has 0 saturated heterocycles. The molecule has 0 atom stereocenters. The third-order valence-electron chi connectivity index (χ3n) is 2.91. The summed E-state index contributed by atoms with van der Waals surface area (Å²) in [6, 6.07) is 10.1. The summed E-state index contributed by atoms with van der Waals surface area (Å²) in [5.74, 6) is -1.17. The second-order valence-corrected chi connectivity index (χ2v) is 4.29. The summed E-state index contributed by atoms with van der Waals surface area (Å²) in [6.07, 6.45) is 0.599. The van der Waals surface area contributed by atoms with Gasteiger partial charge >= 0.3 is 5.97 Å². The van der Waals surface area contributed by atoms with Crippen LogP contribution in [0.15, 0.2) is 40.8 Å². The summed E-state index contributed by atoms with van der Waals surface area (Å²) in [5.41, 5.74) is 0.978. The van der Waals surface area contributed by atoms with Crippen molar-refractivity contribution in [2.45, 2.75) is 6.42 Å². The van der Waals surface area contributed by atoms with E-state index in [9.17, 15) is 9.59 Å². The molecule has 1 amide bonds. The van der Waals surface area contributed by atoms with E-state index in [0.717, 1.165) is 11.3 Å². The number of hydrogen-bond acceptors (Lipinski definition) is 4. The standard InChI is InChI=1S/C15H15NO5/c1-20-11-5-3-2-4-10(11)8-9-16-14(17)12-6-7-13(21-12)15(18)19/h2-7H,8-9H2,1H3,(H,16,17)(H,18,19). The Hall–Kier alpha value is -2.76. The number of furan rings is 1. The van der Waals surface area contributed by atoms with Gasteiger partial charge in [-0.25, -0.2) is 4.79 Å². The van der Waals surface area contributed by atoms with Crippen LogP contribution >= 0.6 is 0 Å². The first-order valence-corrected chi connectivity index (χ1v) is 6.35. The number of carboxylic acid groups (broad SMARTS) is 1. The molecule has 6 nitrogen and oxygen atoms in total. The Kier molecular flexibility index (Phi) is 4.61. The molecule has 0 aliphatic heterocycles. The fraction of sp³-hybridized carbons (Fsp3) is 0.200. The minimum atomic E-state index is -1.21. The second kappa shape index (κ2) is 6.60. The van der Waals surface area contributed by atoms with Gasteiger partial charge in [-0.2, -0.15) is 0 Å². The Morgan fingerprint density at radius 1 is 1.19 bits per heavy atom. The van der Waals surface area contributed by atoms with Gasteiger partial charge in [-0.1, -0.05) is 18.2 Å². The van der Waals surface area contributed by atoms with Crippen LogP contribution in [0, 0.1) is 0 Å². The zero-order valence-corrected chi connectivity index (χ0v) is 11.5. The summed E-state index contributed by atoms with van der Waals surface area (Å²) in [4.78, 5) is 22.5. The number of aromatic carboxylic acids is 1. The minimum absolute atomic E-state index is 0.0209. The maximum Gasteiger partial charge on any atom is 0.371 e. The highest BCUT2D eigenvalue weighted by atomic mass is 16.5. The van der Waals surface area contributed by atoms with Crippen molar-refractivity contribution in [2.24, 2.45) is 0 Å². The smallest absolute Gasteiger partial charge is 0.371 e. The van der Waals surface area contributed by atoms with E-state index < -0.39 is 11.9 Å². The van der Waals surface area contributed by atoms with E-state index in [1.165, 1.54) is 12.1 Å². The summed E-state index contributed by atoms with van der Waals surface area (Å²) in [6.45, 7) is 0.391. The number of para-hydroxylation sites is 1. The van der Waals surface area contributed by atoms with E-state index in [-0.39, 0.29) is 11.5 Å². The van der Waals surface area contributed by atoms with Crippen molar-refractivity contribution in [3.8, 4) is 5.75 Å². The molecule has 21 heavy (non-hydrogen) atoms. The van der Waals surface area contributed by atoms with E-state index in [2.05, 4.69) is 5.32 Å². The molecule has 0 radical (unpaired) electrons. The first-order chi connectivity index (χ1) is 10.1. The second-order valence-electron chi connectivity index (χ2n) is 4.29. The highest BCUT2D eigenvalue weighted by Gasteiger charge is 2.14. The van der Waals surface area contributed by atoms with E-state index in [1.807, 2.05) is 24.3 Å². The number of carboxylic acids is 1. The topological polar surface area (TPSA) is 88.8 Å². The van der Waals surface area contributed by atoms with E-state index in [4.69, 9.17) is 14.3 Å². The molecule has 1 heterocycles. The van der Waals surface area contributed by atoms with E-state index in [1.54, 1.807) is 7.11 Å². The lowest BCUT2D eigenvalue weighted by atomic mass is 10.1. The Morgan fingerprint density at radius 2 is 1.90 bits per heavy atom. The Bertz CT molecular complexity index is 647. The molecule has 1 aromatic heterocycles. The fourth-order valence-corrected chi connectivity index (χ4v) is 1.88. The van der Waals surface area contributed by atoms with Crippen LogP contribution < -0.4 is 10.1 Å². The summed E-state index contributed by atoms with van der Waals surface area (Å²) in [7, 11) is 1.59. The van der Waals surface area contributed by atoms with Crippen LogP contribution in [0.5, 0.6) is 5.75 Å². The van der Waals surface area contributed by atoms with Crippen molar-refractivity contribution in [3.63, 3.8) is 0 Å². The average Bonchev–Trinajstić information content (AvgIpc) is 2.98. The summed E-state index contributed by atoms with van der Waals surface area (Å²) in [5, 5.41) is 11.4. The molecule has 6 heteroatoms. The van der Waals surface area contributed by atoms with Crippen molar-refractivity contribution in [1.82, 2.24) is 5.32 Å². The molecule has 0 aliphatic carbocycles. The van der Waals surface area contributed by atoms with Crippen LogP contribution in [0.25, 0.3) is 0 Å². The third kappa shape index (κ3) is 3.62. The number of carbonyl (C=O) groups excluding carboxylic acids is 1. The molecule has 2 aromatic rings. The van der Waals surface area contributed by atoms with Crippen molar-refractivity contribution in [3.05, 3.63) is 53.5 Å². The average molecular weight is 289 g/mol. The molecule has 0 fully saturated rings. The fourth-order valence-electron chi connectivity index (χ4n) is 1.88. The highest BCUT2D eigenvalue weighted by molar-refractivity contribution is 5.93. The maximum absolute atomic E-state index is 11.8. The predicted octanol–water partition coefficient (Wildman–Crippen LogP) is 1.96. The number of benzene rings is 1. The molecule has 2 N–H and O–H groups in total. The lowest BCUT2D eigenvalue weighted by Crippen LogP contribution is -2.25. The van der Waals surface area contributed by atoms with Crippen molar-refractivity contribution < 1.29 is 23.8 Å². The zero-order valence-electron chi connectivity index (χ0n) is 11.5. The molecular formula is C15H15NO5. The Balaban J connectivity index is 1.90. The van der Waals surface area contributed by atoms with Crippen molar-refractivity contribution in [1.29, 1.82) is 0 Å². The van der Waals surface area contributed by atoms with Crippen molar-refractivity contribution in [2.75, 3.05) is 13.7 Å². The molecule has 0 spiro atoms. The lowest BCUT2D eigenvalue weighted by Gasteiger charge is -2.08. The van der Waals surface area contributed by atoms with Gasteiger partial charge < -0.3 is 19.6 Å². The van der Waals surface area contributed by atoms with Gasteiger partial charge in [-0.3, -0.25) is 4.79 Å². The van der Waals surface area contributed by atoms with Gasteiger partial charge in [-0.15, -0.1) is 0 Å². The Morgan fingerprint density at radius 3 is 2.57 bits per heavy atom. The number of ether oxygens (including phenoxy) is 1. The first-order valence-electron chi connectivity index (χ1n) is 6.35. The van der Waals surface area contributed by atoms with Gasteiger partial charge in [0.25, 0.3) is 5.91 Å². The largest absolute Gasteiger partial charge is 0.496 e. The lowest BCUT2D eigenvalue weighted by molar-refractivity contribution is 0.0659. The molecule has 110 valence electrons. The molecule has 1 aromatic carbocycles. The van der Waals surface area contributed by atoms with Gasteiger partial charge in [0, 0.05) is 6.54 Å². The molecule has 0 unspecified atom stereocenters. The maximum atomic E-state index is 11.8. The van der Waals surface area contributed by atoms with Crippen LogP contribution in [0.2, 0.25) is 0 Å². The van der Waals surface area contributed by atoms with Crippen molar-refractivity contribution >= 4 is 11.9 Å². The van der Waals surface area contributed by atoms with Crippen LogP contribution in [-0.4, -0.2) is 30.6 Å². The summed E-state index contributed by atoms with van der Waals surface area (Å²) >= 11 is 0. The number of methoxy groups -OCH3 is 1. The Labute approximate surface area is 121 Å². The molecule has 0 bridgehead atoms. The normalized spacial score (nSPS) is 10.1. The van der Waals surface area contributed by atoms with Gasteiger partial charge in [0.1, 0.15) is 5.75 Å². The SMILES string of the molecule is COc1ccccc1CCNC(=O)c1ccc(C(=O)O)o1. The number of rotatable bonds is 6. The van der Waals surface area contributed by atoms with Gasteiger partial charge in [0.2, 0.25) is 5.76 Å². The van der Waals surface area contributed by atoms with E-state index in [0.29, 0.717) is 13.0 Å². The zero-order chi connectivity index (χ0) is 15.2. The molecule has 0 aliphatic rings. The predicted molar refractivity (Wildman–Crippen MR) is 74.7 cm³/mol. The molecular weight excluding hydrogens is 274 g/mol. The molecule has 2 rings (SSSR count). The van der Waals surface area contributed by atoms with E-state index >= 15 is 0 Å².